The minimum Gasteiger partial charge on any atom is -0.306 e. The van der Waals surface area contributed by atoms with E-state index in [-0.39, 0.29) is 0 Å². The van der Waals surface area contributed by atoms with Crippen molar-refractivity contribution >= 4 is 0 Å². The van der Waals surface area contributed by atoms with Gasteiger partial charge in [-0.25, -0.2) is 0 Å². The number of hydrogen-bond acceptors (Lipinski definition) is 1. The van der Waals surface area contributed by atoms with Crippen LogP contribution in [0.4, 0.5) is 0 Å². The molecule has 1 atom stereocenters. The molecule has 96 valence electrons. The lowest BCUT2D eigenvalue weighted by atomic mass is 9.87. The summed E-state index contributed by atoms with van der Waals surface area (Å²) in [6.45, 7) is 13.6. The van der Waals surface area contributed by atoms with Gasteiger partial charge >= 0.3 is 0 Å². The molecule has 0 aliphatic rings. The van der Waals surface area contributed by atoms with Crippen LogP contribution in [-0.2, 0) is 6.42 Å². The van der Waals surface area contributed by atoms with Crippen molar-refractivity contribution in [1.82, 2.24) is 4.90 Å². The van der Waals surface area contributed by atoms with Gasteiger partial charge in [-0.3, -0.25) is 0 Å². The second-order valence-electron chi connectivity index (χ2n) is 5.62. The molecule has 1 nitrogen and oxygen atoms in total. The van der Waals surface area contributed by atoms with Gasteiger partial charge in [-0.1, -0.05) is 0 Å². The van der Waals surface area contributed by atoms with E-state index >= 15 is 0 Å². The van der Waals surface area contributed by atoms with E-state index < -0.39 is 0 Å². The molecule has 0 heterocycles. The number of nitrogens with zero attached hydrogens (tertiary/aromatic N) is 1. The third-order valence-electron chi connectivity index (χ3n) is 4.54. The van der Waals surface area contributed by atoms with E-state index in [2.05, 4.69) is 60.5 Å². The molecule has 0 radical (unpaired) electrons. The molecule has 0 aliphatic carbocycles. The zero-order valence-corrected chi connectivity index (χ0v) is 12.7. The molecular weight excluding hydrogens is 206 g/mol. The fourth-order valence-electron chi connectivity index (χ4n) is 2.36. The number of benzene rings is 1. The van der Waals surface area contributed by atoms with E-state index in [1.165, 1.54) is 27.8 Å². The lowest BCUT2D eigenvalue weighted by molar-refractivity contribution is 0.311. The Morgan fingerprint density at radius 2 is 1.12 bits per heavy atom. The first kappa shape index (κ1) is 14.2. The Morgan fingerprint density at radius 1 is 0.765 bits per heavy atom. The summed E-state index contributed by atoms with van der Waals surface area (Å²) in [7, 11) is 4.31. The maximum absolute atomic E-state index is 2.30. The Hall–Kier alpha value is -0.820. The van der Waals surface area contributed by atoms with E-state index in [4.69, 9.17) is 0 Å². The normalized spacial score (nSPS) is 13.2. The van der Waals surface area contributed by atoms with Crippen molar-refractivity contribution < 1.29 is 0 Å². The summed E-state index contributed by atoms with van der Waals surface area (Å²) in [5, 5.41) is 0. The predicted molar refractivity (Wildman–Crippen MR) is 77.0 cm³/mol. The fourth-order valence-corrected chi connectivity index (χ4v) is 2.36. The average molecular weight is 233 g/mol. The Labute approximate surface area is 107 Å². The Balaban J connectivity index is 3.25. The van der Waals surface area contributed by atoms with Gasteiger partial charge in [0, 0.05) is 6.04 Å². The van der Waals surface area contributed by atoms with Gasteiger partial charge in [-0.05, 0) is 95.4 Å². The zero-order chi connectivity index (χ0) is 13.3. The molecule has 17 heavy (non-hydrogen) atoms. The van der Waals surface area contributed by atoms with Crippen LogP contribution in [0.3, 0.4) is 0 Å². The number of hydrogen-bond donors (Lipinski definition) is 0. The van der Waals surface area contributed by atoms with Crippen molar-refractivity contribution in [3.05, 3.63) is 33.4 Å². The smallest absolute Gasteiger partial charge is 0.0101 e. The summed E-state index contributed by atoms with van der Waals surface area (Å²) in [6.07, 6.45) is 1.15. The molecule has 1 aromatic carbocycles. The van der Waals surface area contributed by atoms with Crippen LogP contribution >= 0.6 is 0 Å². The van der Waals surface area contributed by atoms with E-state index in [1.54, 1.807) is 5.56 Å². The SMILES string of the molecule is Cc1c(C)c(C)c(CC(C)N(C)C)c(C)c1C. The quantitative estimate of drug-likeness (QED) is 0.769. The van der Waals surface area contributed by atoms with Crippen LogP contribution in [0.5, 0.6) is 0 Å². The maximum atomic E-state index is 2.30. The monoisotopic (exact) mass is 233 g/mol. The zero-order valence-electron chi connectivity index (χ0n) is 12.7. The number of rotatable bonds is 3. The van der Waals surface area contributed by atoms with Crippen LogP contribution in [0, 0.1) is 34.6 Å². The Bertz CT molecular complexity index is 387. The lowest BCUT2D eigenvalue weighted by Gasteiger charge is -2.24. The molecule has 1 heteroatoms. The Morgan fingerprint density at radius 3 is 1.47 bits per heavy atom. The van der Waals surface area contributed by atoms with Crippen LogP contribution < -0.4 is 0 Å². The van der Waals surface area contributed by atoms with Crippen molar-refractivity contribution in [3.63, 3.8) is 0 Å². The molecule has 1 rings (SSSR count). The summed E-state index contributed by atoms with van der Waals surface area (Å²) in [6, 6.07) is 0.592. The highest BCUT2D eigenvalue weighted by molar-refractivity contribution is 5.49. The maximum Gasteiger partial charge on any atom is 0.0101 e. The molecule has 0 saturated carbocycles. The summed E-state index contributed by atoms with van der Waals surface area (Å²) >= 11 is 0. The fraction of sp³-hybridized carbons (Fsp3) is 0.625. The van der Waals surface area contributed by atoms with E-state index in [0.29, 0.717) is 6.04 Å². The third-order valence-corrected chi connectivity index (χ3v) is 4.54. The average Bonchev–Trinajstić information content (AvgIpc) is 2.29. The highest BCUT2D eigenvalue weighted by atomic mass is 15.1. The second-order valence-corrected chi connectivity index (χ2v) is 5.62. The van der Waals surface area contributed by atoms with Crippen molar-refractivity contribution in [2.75, 3.05) is 14.1 Å². The third kappa shape index (κ3) is 2.71. The molecule has 0 bridgehead atoms. The first-order valence-corrected chi connectivity index (χ1v) is 6.49. The van der Waals surface area contributed by atoms with E-state index in [0.717, 1.165) is 6.42 Å². The van der Waals surface area contributed by atoms with Crippen molar-refractivity contribution in [2.24, 2.45) is 0 Å². The van der Waals surface area contributed by atoms with Crippen LogP contribution in [0.15, 0.2) is 0 Å². The van der Waals surface area contributed by atoms with Crippen LogP contribution in [-0.4, -0.2) is 25.0 Å². The molecule has 0 aliphatic heterocycles. The van der Waals surface area contributed by atoms with Crippen molar-refractivity contribution in [2.45, 2.75) is 54.0 Å². The van der Waals surface area contributed by atoms with Crippen LogP contribution in [0.25, 0.3) is 0 Å². The molecule has 0 spiro atoms. The number of likely N-dealkylation sites (N-methyl/N-ethyl adjacent to an activating group) is 1. The van der Waals surface area contributed by atoms with Gasteiger partial charge in [0.05, 0.1) is 0 Å². The van der Waals surface area contributed by atoms with Gasteiger partial charge in [0.15, 0.2) is 0 Å². The molecular formula is C16H27N. The summed E-state index contributed by atoms with van der Waals surface area (Å²) in [5.74, 6) is 0. The molecule has 0 saturated heterocycles. The van der Waals surface area contributed by atoms with Crippen LogP contribution in [0.1, 0.15) is 40.3 Å². The lowest BCUT2D eigenvalue weighted by Crippen LogP contribution is -2.27. The highest BCUT2D eigenvalue weighted by Gasteiger charge is 2.15. The Kier molecular flexibility index (Phi) is 4.37. The first-order valence-electron chi connectivity index (χ1n) is 6.49. The minimum atomic E-state index is 0.592. The van der Waals surface area contributed by atoms with Gasteiger partial charge in [-0.2, -0.15) is 0 Å². The largest absolute Gasteiger partial charge is 0.306 e. The molecule has 0 aromatic heterocycles. The summed E-state index contributed by atoms with van der Waals surface area (Å²) in [4.78, 5) is 2.30. The topological polar surface area (TPSA) is 3.24 Å². The van der Waals surface area contributed by atoms with Gasteiger partial charge < -0.3 is 4.90 Å². The molecule has 1 aromatic rings. The molecule has 1 unspecified atom stereocenters. The van der Waals surface area contributed by atoms with Gasteiger partial charge in [0.25, 0.3) is 0 Å². The van der Waals surface area contributed by atoms with Crippen molar-refractivity contribution in [3.8, 4) is 0 Å². The first-order chi connectivity index (χ1) is 7.77. The molecule has 0 amide bonds. The van der Waals surface area contributed by atoms with Gasteiger partial charge in [0.1, 0.15) is 0 Å². The van der Waals surface area contributed by atoms with Gasteiger partial charge in [0.2, 0.25) is 0 Å². The predicted octanol–water partition coefficient (Wildman–Crippen LogP) is 3.72. The highest BCUT2D eigenvalue weighted by Crippen LogP contribution is 2.27. The van der Waals surface area contributed by atoms with Crippen molar-refractivity contribution in [1.29, 1.82) is 0 Å². The van der Waals surface area contributed by atoms with Gasteiger partial charge in [-0.15, -0.1) is 0 Å². The molecule has 0 fully saturated rings. The van der Waals surface area contributed by atoms with E-state index in [9.17, 15) is 0 Å². The summed E-state index contributed by atoms with van der Waals surface area (Å²) in [5.41, 5.74) is 8.91. The molecule has 0 N–H and O–H groups in total. The summed E-state index contributed by atoms with van der Waals surface area (Å²) < 4.78 is 0. The second kappa shape index (κ2) is 5.22. The van der Waals surface area contributed by atoms with Crippen LogP contribution in [0.2, 0.25) is 0 Å². The van der Waals surface area contributed by atoms with E-state index in [1.807, 2.05) is 0 Å². The minimum absolute atomic E-state index is 0.592. The standard InChI is InChI=1S/C16H27N/c1-10(17(7)8)9-16-14(5)12(3)11(2)13(4)15(16)6/h10H,9H2,1-8H3.